The van der Waals surface area contributed by atoms with Gasteiger partial charge in [0, 0.05) is 49.8 Å². The lowest BCUT2D eigenvalue weighted by Gasteiger charge is -2.39. The minimum atomic E-state index is -0.227. The molecule has 30 heavy (non-hydrogen) atoms. The van der Waals surface area contributed by atoms with Crippen LogP contribution in [0.15, 0.2) is 22.7 Å². The van der Waals surface area contributed by atoms with Crippen molar-refractivity contribution < 1.29 is 23.5 Å². The maximum atomic E-state index is 13.1. The smallest absolute Gasteiger partial charge is 0.254 e. The molecule has 8 nitrogen and oxygen atoms in total. The van der Waals surface area contributed by atoms with Crippen LogP contribution in [0.1, 0.15) is 60.1 Å². The Morgan fingerprint density at radius 3 is 2.37 bits per heavy atom. The quantitative estimate of drug-likeness (QED) is 0.654. The van der Waals surface area contributed by atoms with E-state index >= 15 is 0 Å². The van der Waals surface area contributed by atoms with Crippen LogP contribution in [0.5, 0.6) is 11.5 Å². The Balaban J connectivity index is 1.50. The molecule has 1 saturated carbocycles. The summed E-state index contributed by atoms with van der Waals surface area (Å²) in [4.78, 5) is 19.7. The van der Waals surface area contributed by atoms with E-state index < -0.39 is 0 Å². The first-order valence-electron chi connectivity index (χ1n) is 10.4. The van der Waals surface area contributed by atoms with Crippen molar-refractivity contribution in [1.29, 1.82) is 0 Å². The number of hydrogen-bond donors (Lipinski definition) is 0. The van der Waals surface area contributed by atoms with Gasteiger partial charge < -0.3 is 23.6 Å². The fourth-order valence-electron chi connectivity index (χ4n) is 4.08. The third-order valence-electron chi connectivity index (χ3n) is 6.23. The monoisotopic (exact) mass is 415 g/mol. The lowest BCUT2D eigenvalue weighted by Crippen LogP contribution is -2.46. The topological polar surface area (TPSA) is 86.9 Å². The van der Waals surface area contributed by atoms with Gasteiger partial charge in [-0.3, -0.25) is 4.79 Å². The van der Waals surface area contributed by atoms with E-state index in [-0.39, 0.29) is 11.3 Å². The molecule has 2 heterocycles. The molecule has 1 amide bonds. The fraction of sp³-hybridized carbons (Fsp3) is 0.591. The second-order valence-electron chi connectivity index (χ2n) is 8.15. The molecule has 1 aromatic carbocycles. The molecule has 2 aliphatic rings. The Hall–Kier alpha value is -2.61. The second-order valence-corrected chi connectivity index (χ2v) is 8.15. The normalized spacial score (nSPS) is 18.3. The van der Waals surface area contributed by atoms with Gasteiger partial charge in [0.1, 0.15) is 11.5 Å². The van der Waals surface area contributed by atoms with Gasteiger partial charge in [-0.2, -0.15) is 4.98 Å². The van der Waals surface area contributed by atoms with E-state index in [4.69, 9.17) is 23.7 Å². The third-order valence-corrected chi connectivity index (χ3v) is 6.23. The summed E-state index contributed by atoms with van der Waals surface area (Å²) in [7, 11) is 4.86. The number of amides is 1. The van der Waals surface area contributed by atoms with Crippen LogP contribution in [0.4, 0.5) is 0 Å². The summed E-state index contributed by atoms with van der Waals surface area (Å²) in [6.45, 7) is 1.86. The fourth-order valence-corrected chi connectivity index (χ4v) is 4.08. The minimum Gasteiger partial charge on any atom is -0.497 e. The van der Waals surface area contributed by atoms with Crippen molar-refractivity contribution in [3.05, 3.63) is 35.5 Å². The zero-order chi connectivity index (χ0) is 21.1. The van der Waals surface area contributed by atoms with Gasteiger partial charge in [-0.05, 0) is 44.2 Å². The molecule has 162 valence electrons. The summed E-state index contributed by atoms with van der Waals surface area (Å²) in [6.07, 6.45) is 4.60. The van der Waals surface area contributed by atoms with Gasteiger partial charge in [-0.15, -0.1) is 0 Å². The van der Waals surface area contributed by atoms with Gasteiger partial charge in [0.2, 0.25) is 5.89 Å². The van der Waals surface area contributed by atoms with Gasteiger partial charge in [-0.1, -0.05) is 5.16 Å². The van der Waals surface area contributed by atoms with Crippen molar-refractivity contribution in [3.8, 4) is 11.5 Å². The van der Waals surface area contributed by atoms with Gasteiger partial charge in [0.15, 0.2) is 5.82 Å². The number of rotatable bonds is 8. The first kappa shape index (κ1) is 20.7. The molecule has 0 atom stereocenters. The van der Waals surface area contributed by atoms with Gasteiger partial charge in [0.25, 0.3) is 5.91 Å². The summed E-state index contributed by atoms with van der Waals surface area (Å²) in [5.41, 5.74) is 0.335. The number of aromatic nitrogens is 2. The molecular weight excluding hydrogens is 386 g/mol. The molecule has 4 rings (SSSR count). The molecule has 0 N–H and O–H groups in total. The Kier molecular flexibility index (Phi) is 5.94. The Bertz CT molecular complexity index is 862. The number of hydrogen-bond acceptors (Lipinski definition) is 7. The predicted octanol–water partition coefficient (Wildman–Crippen LogP) is 3.17. The van der Waals surface area contributed by atoms with E-state index in [9.17, 15) is 4.79 Å². The van der Waals surface area contributed by atoms with Crippen LogP contribution in [0, 0.1) is 0 Å². The maximum absolute atomic E-state index is 13.1. The van der Waals surface area contributed by atoms with E-state index in [1.807, 2.05) is 4.90 Å². The molecule has 0 radical (unpaired) electrons. The van der Waals surface area contributed by atoms with E-state index in [2.05, 4.69) is 5.16 Å². The number of carbonyl (C=O) groups excluding carboxylic acids is 1. The molecule has 8 heteroatoms. The zero-order valence-corrected chi connectivity index (χ0v) is 17.8. The minimum absolute atomic E-state index is 0.0284. The van der Waals surface area contributed by atoms with Crippen molar-refractivity contribution in [3.63, 3.8) is 0 Å². The Morgan fingerprint density at radius 1 is 1.13 bits per heavy atom. The molecule has 2 aromatic rings. The van der Waals surface area contributed by atoms with Crippen molar-refractivity contribution in [1.82, 2.24) is 15.0 Å². The number of likely N-dealkylation sites (tertiary alicyclic amines) is 1. The number of carbonyl (C=O) groups is 1. The lowest BCUT2D eigenvalue weighted by molar-refractivity contribution is 0.0615. The van der Waals surface area contributed by atoms with Crippen LogP contribution in [0.3, 0.4) is 0 Å². The average Bonchev–Trinajstić information content (AvgIpc) is 3.53. The zero-order valence-electron chi connectivity index (χ0n) is 17.8. The van der Waals surface area contributed by atoms with E-state index in [1.54, 1.807) is 39.5 Å². The average molecular weight is 415 g/mol. The number of ether oxygens (including phenoxy) is 3. The largest absolute Gasteiger partial charge is 0.497 e. The van der Waals surface area contributed by atoms with Gasteiger partial charge >= 0.3 is 0 Å². The van der Waals surface area contributed by atoms with Crippen molar-refractivity contribution in [2.24, 2.45) is 0 Å². The van der Waals surface area contributed by atoms with E-state index in [0.29, 0.717) is 42.7 Å². The van der Waals surface area contributed by atoms with Gasteiger partial charge in [-0.25, -0.2) is 0 Å². The molecular formula is C22H29N3O5. The Morgan fingerprint density at radius 2 is 1.80 bits per heavy atom. The summed E-state index contributed by atoms with van der Waals surface area (Å²) < 4.78 is 21.5. The molecule has 2 fully saturated rings. The lowest BCUT2D eigenvalue weighted by atomic mass is 9.75. The van der Waals surface area contributed by atoms with E-state index in [0.717, 1.165) is 43.8 Å². The van der Waals surface area contributed by atoms with Crippen LogP contribution >= 0.6 is 0 Å². The number of nitrogens with zero attached hydrogens (tertiary/aromatic N) is 3. The van der Waals surface area contributed by atoms with Crippen LogP contribution in [0.2, 0.25) is 0 Å². The molecule has 1 aliphatic carbocycles. The van der Waals surface area contributed by atoms with Crippen molar-refractivity contribution in [2.75, 3.05) is 41.0 Å². The van der Waals surface area contributed by atoms with Crippen LogP contribution < -0.4 is 9.47 Å². The second kappa shape index (κ2) is 8.63. The first-order valence-corrected chi connectivity index (χ1v) is 10.4. The molecule has 1 saturated heterocycles. The number of benzene rings is 1. The highest BCUT2D eigenvalue weighted by Crippen LogP contribution is 2.42. The highest BCUT2D eigenvalue weighted by Gasteiger charge is 2.42. The molecule has 0 bridgehead atoms. The van der Waals surface area contributed by atoms with Crippen LogP contribution in [-0.4, -0.2) is 62.0 Å². The number of methoxy groups -OCH3 is 3. The molecule has 0 unspecified atom stereocenters. The molecule has 1 aromatic heterocycles. The maximum Gasteiger partial charge on any atom is 0.254 e. The predicted molar refractivity (Wildman–Crippen MR) is 109 cm³/mol. The summed E-state index contributed by atoms with van der Waals surface area (Å²) >= 11 is 0. The Labute approximate surface area is 176 Å². The summed E-state index contributed by atoms with van der Waals surface area (Å²) in [5.74, 6) is 3.11. The highest BCUT2D eigenvalue weighted by molar-refractivity contribution is 5.95. The molecule has 0 spiro atoms. The standard InChI is InChI=1S/C22H29N3O5/c1-27-11-8-22(21-23-19(30-24-21)15-4-5-15)6-9-25(10-7-22)20(26)16-12-17(28-2)14-18(13-16)29-3/h12-15H,4-11H2,1-3H3. The van der Waals surface area contributed by atoms with Gasteiger partial charge in [0.05, 0.1) is 14.2 Å². The van der Waals surface area contributed by atoms with E-state index in [1.165, 1.54) is 0 Å². The first-order chi connectivity index (χ1) is 14.6. The summed E-state index contributed by atoms with van der Waals surface area (Å²) in [5, 5.41) is 4.32. The number of piperidine rings is 1. The van der Waals surface area contributed by atoms with Crippen LogP contribution in [0.25, 0.3) is 0 Å². The third kappa shape index (κ3) is 4.14. The summed E-state index contributed by atoms with van der Waals surface area (Å²) in [6, 6.07) is 5.26. The van der Waals surface area contributed by atoms with Crippen LogP contribution in [-0.2, 0) is 10.2 Å². The highest BCUT2D eigenvalue weighted by atomic mass is 16.5. The van der Waals surface area contributed by atoms with Crippen molar-refractivity contribution in [2.45, 2.75) is 43.4 Å². The van der Waals surface area contributed by atoms with Crippen molar-refractivity contribution >= 4 is 5.91 Å². The SMILES string of the molecule is COCCC1(c2noc(C3CC3)n2)CCN(C(=O)c2cc(OC)cc(OC)c2)CC1. The molecule has 1 aliphatic heterocycles.